The first-order chi connectivity index (χ1) is 47.6. The van der Waals surface area contributed by atoms with Gasteiger partial charge >= 0.3 is 85.8 Å². The molecule has 14 nitrogen and oxygen atoms in total. The van der Waals surface area contributed by atoms with Gasteiger partial charge in [-0.15, -0.1) is 0 Å². The van der Waals surface area contributed by atoms with Gasteiger partial charge in [0.15, 0.2) is 22.4 Å². The van der Waals surface area contributed by atoms with E-state index < -0.39 is 209 Å². The number of halogens is 33. The van der Waals surface area contributed by atoms with Gasteiger partial charge in [-0.05, 0) is 129 Å². The van der Waals surface area contributed by atoms with E-state index in [-0.39, 0.29) is 42.9 Å². The van der Waals surface area contributed by atoms with Crippen LogP contribution in [0.15, 0.2) is 92.1 Å². The minimum absolute atomic E-state index is 0.0958. The fourth-order valence-corrected chi connectivity index (χ4v) is 8.63. The summed E-state index contributed by atoms with van der Waals surface area (Å²) in [4.78, 5) is 33.7. The average Bonchev–Trinajstić information content (AvgIpc) is 0.752. The number of esters is 3. The zero-order chi connectivity index (χ0) is 87.9. The highest BCUT2D eigenvalue weighted by Crippen LogP contribution is 2.57. The lowest BCUT2D eigenvalue weighted by molar-refractivity contribution is -0.407. The molecule has 1 aliphatic carbocycles. The Kier molecular flexibility index (Phi) is 33.1. The van der Waals surface area contributed by atoms with Crippen LogP contribution in [0.25, 0.3) is 12.2 Å². The number of benzene rings is 2. The second kappa shape index (κ2) is 34.8. The van der Waals surface area contributed by atoms with E-state index >= 15 is 0 Å². The molecule has 0 amide bonds. The van der Waals surface area contributed by atoms with Crippen molar-refractivity contribution in [1.29, 1.82) is 0 Å². The molecule has 0 aliphatic heterocycles. The van der Waals surface area contributed by atoms with Crippen LogP contribution in [0.1, 0.15) is 110 Å². The predicted molar refractivity (Wildman–Crippen MR) is 310 cm³/mol. The first-order valence-corrected chi connectivity index (χ1v) is 29.2. The molecule has 0 aromatic heterocycles. The molecule has 2 aromatic carbocycles. The Morgan fingerprint density at radius 2 is 0.835 bits per heavy atom. The van der Waals surface area contributed by atoms with E-state index in [0.29, 0.717) is 38.5 Å². The second-order valence-corrected chi connectivity index (χ2v) is 24.9. The van der Waals surface area contributed by atoms with E-state index in [2.05, 4.69) is 51.8 Å². The van der Waals surface area contributed by atoms with Crippen LogP contribution in [-0.4, -0.2) is 174 Å². The van der Waals surface area contributed by atoms with Crippen molar-refractivity contribution in [1.82, 2.24) is 0 Å². The molecular formula is C62H67F33O14. The highest BCUT2D eigenvalue weighted by Gasteiger charge is 2.80. The van der Waals surface area contributed by atoms with Crippen LogP contribution < -0.4 is 4.74 Å². The molecule has 1 fully saturated rings. The molecule has 0 bridgehead atoms. The van der Waals surface area contributed by atoms with Gasteiger partial charge in [-0.1, -0.05) is 57.2 Å². The van der Waals surface area contributed by atoms with Crippen LogP contribution in [0.3, 0.4) is 0 Å². The summed E-state index contributed by atoms with van der Waals surface area (Å²) in [5.41, 5.74) is -38.4. The summed E-state index contributed by atoms with van der Waals surface area (Å²) in [5.74, 6) is -8.81. The molecule has 0 saturated heterocycles. The van der Waals surface area contributed by atoms with Gasteiger partial charge in [0.05, 0.1) is 0 Å². The van der Waals surface area contributed by atoms with E-state index in [1.807, 2.05) is 0 Å². The first-order valence-electron chi connectivity index (χ1n) is 29.2. The number of aliphatic hydroxyl groups is 7. The summed E-state index contributed by atoms with van der Waals surface area (Å²) < 4.78 is 439. The summed E-state index contributed by atoms with van der Waals surface area (Å²) in [6, 6.07) is 5.63. The van der Waals surface area contributed by atoms with Crippen LogP contribution in [-0.2, 0) is 39.8 Å². The largest absolute Gasteiger partial charge is 0.490 e. The standard InChI is InChI=1S/C16H19F9O4.C14H11F9O2.C12H10F6O2.C10H12F6O3.C10H15F3O3/c1-7(2)11(26)29-10-5-8(12(3,27)14(17,18)19)4-9(6-10)13(28,15(20,21)22)16(23,24)25;1-3-7-4-8(10(2,24)12(15,16)17)6-9(5-7)11(25,13(18,19)20)14(21,22)23;1-2-8-3-5-9(6-4-8)20-7-10(19,11(13,14)15)12(16,17)18;1-5(2)6(17)19-7(3,4)8(18,9(11,12)13)10(14,15)16;1-6(2)8(14)16-7(3)5-9(4,15)10(11,12)13/h8-10,27-28H,1,4-6H2,2-3H3;3-6,24-25H,1H2,2H3;2-6,19H,1,7H2;18H,1H2,2-4H3;7,15H,1,5H2,2-4H3. The SMILES string of the molecule is C=C(C)C(=O)OC(C)(C)C(O)(C(F)(F)F)C(F)(F)F.C=C(C)C(=O)OC(C)CC(C)(O)C(F)(F)F.C=C(C)C(=O)OC1CC(C(C)(O)C(F)(F)F)CC(C(O)(C(F)(F)F)C(F)(F)F)C1.C=Cc1cc(C(C)(O)C(F)(F)F)cc(C(O)(C(F)(F)F)C(F)(F)F)c1.C=Cc1ccc(OCC(O)(C(F)(F)F)C(F)(F)F)cc1. The number of rotatable bonds is 18. The Morgan fingerprint density at radius 1 is 0.459 bits per heavy atom. The first kappa shape index (κ1) is 104. The van der Waals surface area contributed by atoms with Crippen molar-refractivity contribution in [3.63, 3.8) is 0 Å². The van der Waals surface area contributed by atoms with E-state index in [4.69, 9.17) is 15.3 Å². The number of hydrogen-bond acceptors (Lipinski definition) is 14. The molecule has 7 atom stereocenters. The maximum atomic E-state index is 13.2. The van der Waals surface area contributed by atoms with Crippen molar-refractivity contribution < 1.29 is 214 Å². The highest BCUT2D eigenvalue weighted by molar-refractivity contribution is 5.88. The number of ether oxygens (including phenoxy) is 4. The molecule has 0 radical (unpaired) electrons. The van der Waals surface area contributed by atoms with Crippen molar-refractivity contribution in [2.45, 2.75) is 213 Å². The summed E-state index contributed by atoms with van der Waals surface area (Å²) in [5, 5.41) is 65.3. The molecule has 2 aromatic rings. The topological polar surface area (TPSA) is 230 Å². The molecule has 1 saturated carbocycles. The van der Waals surface area contributed by atoms with E-state index in [1.165, 1.54) is 44.2 Å². The lowest BCUT2D eigenvalue weighted by atomic mass is 9.66. The third-order valence-corrected chi connectivity index (χ3v) is 15.5. The molecule has 630 valence electrons. The fourth-order valence-electron chi connectivity index (χ4n) is 8.63. The summed E-state index contributed by atoms with van der Waals surface area (Å²) >= 11 is 0. The minimum atomic E-state index is -6.29. The second-order valence-electron chi connectivity index (χ2n) is 24.9. The molecule has 47 heteroatoms. The van der Waals surface area contributed by atoms with Gasteiger partial charge in [-0.25, -0.2) is 14.4 Å². The normalized spacial score (nSPS) is 18.3. The molecule has 7 N–H and O–H groups in total. The lowest BCUT2D eigenvalue weighted by Gasteiger charge is -2.47. The van der Waals surface area contributed by atoms with Crippen molar-refractivity contribution in [3.05, 3.63) is 114 Å². The van der Waals surface area contributed by atoms with E-state index in [9.17, 15) is 180 Å². The van der Waals surface area contributed by atoms with Crippen molar-refractivity contribution in [2.75, 3.05) is 6.61 Å². The monoisotopic (exact) mass is 1660 g/mol. The maximum Gasteiger partial charge on any atom is 0.430 e. The smallest absolute Gasteiger partial charge is 0.430 e. The predicted octanol–water partition coefficient (Wildman–Crippen LogP) is 17.0. The Hall–Kier alpha value is -7.24. The molecule has 0 heterocycles. The summed E-state index contributed by atoms with van der Waals surface area (Å²) in [6.07, 6.45) is -69.7. The quantitative estimate of drug-likeness (QED) is 0.0319. The molecule has 0 spiro atoms. The van der Waals surface area contributed by atoms with Gasteiger partial charge in [0.2, 0.25) is 0 Å². The number of alkyl halides is 33. The third-order valence-electron chi connectivity index (χ3n) is 15.5. The van der Waals surface area contributed by atoms with Crippen molar-refractivity contribution >= 4 is 30.1 Å². The highest BCUT2D eigenvalue weighted by atomic mass is 19.5. The molecule has 3 rings (SSSR count). The Bertz CT molecular complexity index is 3370. The van der Waals surface area contributed by atoms with Crippen LogP contribution in [0.2, 0.25) is 0 Å². The van der Waals surface area contributed by atoms with Gasteiger partial charge in [-0.3, -0.25) is 0 Å². The van der Waals surface area contributed by atoms with Crippen LogP contribution >= 0.6 is 0 Å². The summed E-state index contributed by atoms with van der Waals surface area (Å²) in [7, 11) is 0. The number of carbonyl (C=O) groups excluding carboxylic acids is 3. The molecule has 1 aliphatic rings. The minimum Gasteiger partial charge on any atom is -0.490 e. The summed E-state index contributed by atoms with van der Waals surface area (Å²) in [6.45, 7) is 20.4. The van der Waals surface area contributed by atoms with E-state index in [1.54, 1.807) is 0 Å². The van der Waals surface area contributed by atoms with E-state index in [0.717, 1.165) is 13.8 Å². The van der Waals surface area contributed by atoms with Crippen LogP contribution in [0.4, 0.5) is 145 Å². The fraction of sp³-hybridized carbons (Fsp3) is 0.597. The van der Waals surface area contributed by atoms with Gasteiger partial charge < -0.3 is 54.7 Å². The zero-order valence-corrected chi connectivity index (χ0v) is 57.0. The zero-order valence-electron chi connectivity index (χ0n) is 57.0. The molecule has 109 heavy (non-hydrogen) atoms. The van der Waals surface area contributed by atoms with Crippen LogP contribution in [0, 0.1) is 11.8 Å². The van der Waals surface area contributed by atoms with Gasteiger partial charge in [0, 0.05) is 40.5 Å². The lowest BCUT2D eigenvalue weighted by Crippen LogP contribution is -2.69. The molecular weight excluding hydrogens is 1600 g/mol. The number of carbonyl (C=O) groups is 3. The third kappa shape index (κ3) is 24.9. The van der Waals surface area contributed by atoms with Crippen LogP contribution in [0.5, 0.6) is 5.75 Å². The molecule has 7 unspecified atom stereocenters. The van der Waals surface area contributed by atoms with Gasteiger partial charge in [0.25, 0.3) is 22.4 Å². The Morgan fingerprint density at radius 3 is 1.15 bits per heavy atom. The Balaban J connectivity index is 0. The average molecular weight is 1660 g/mol. The Labute approximate surface area is 594 Å². The van der Waals surface area contributed by atoms with Crippen molar-refractivity contribution in [2.24, 2.45) is 11.8 Å². The van der Waals surface area contributed by atoms with Crippen molar-refractivity contribution in [3.8, 4) is 5.75 Å². The number of hydrogen-bond donors (Lipinski definition) is 7. The van der Waals surface area contributed by atoms with Gasteiger partial charge in [-0.2, -0.15) is 145 Å². The maximum absolute atomic E-state index is 13.2. The van der Waals surface area contributed by atoms with Gasteiger partial charge in [0.1, 0.15) is 24.6 Å².